The first-order chi connectivity index (χ1) is 17.1. The molecule has 9 nitrogen and oxygen atoms in total. The number of nitrogens with zero attached hydrogens (tertiary/aromatic N) is 5. The summed E-state index contributed by atoms with van der Waals surface area (Å²) >= 11 is 0. The third kappa shape index (κ3) is 4.29. The predicted molar refractivity (Wildman–Crippen MR) is 131 cm³/mol. The maximum atomic E-state index is 12.7. The lowest BCUT2D eigenvalue weighted by molar-refractivity contribution is 0.0781. The van der Waals surface area contributed by atoms with Crippen LogP contribution in [0.3, 0.4) is 0 Å². The predicted octanol–water partition coefficient (Wildman–Crippen LogP) is 3.89. The molecule has 3 aromatic carbocycles. The van der Waals surface area contributed by atoms with Gasteiger partial charge >= 0.3 is 0 Å². The van der Waals surface area contributed by atoms with Gasteiger partial charge in [-0.05, 0) is 47.9 Å². The molecule has 0 aliphatic carbocycles. The summed E-state index contributed by atoms with van der Waals surface area (Å²) in [5.41, 5.74) is 5.61. The average molecular weight is 469 g/mol. The fraction of sp³-hybridized carbons (Fsp3) is 0.192. The fourth-order valence-electron chi connectivity index (χ4n) is 4.15. The Balaban J connectivity index is 1.53. The smallest absolute Gasteiger partial charge is 0.297 e. The normalized spacial score (nSPS) is 12.1. The van der Waals surface area contributed by atoms with Crippen molar-refractivity contribution in [1.82, 2.24) is 30.2 Å². The number of tetrazole rings is 1. The maximum absolute atomic E-state index is 12.7. The third-order valence-corrected chi connectivity index (χ3v) is 5.77. The van der Waals surface area contributed by atoms with Gasteiger partial charge in [0.1, 0.15) is 6.10 Å². The Morgan fingerprint density at radius 3 is 2.51 bits per heavy atom. The van der Waals surface area contributed by atoms with E-state index in [1.54, 1.807) is 12.1 Å². The van der Waals surface area contributed by atoms with Gasteiger partial charge in [0.05, 0.1) is 24.2 Å². The van der Waals surface area contributed by atoms with Crippen molar-refractivity contribution in [3.63, 3.8) is 0 Å². The van der Waals surface area contributed by atoms with Crippen molar-refractivity contribution >= 4 is 16.8 Å². The third-order valence-electron chi connectivity index (χ3n) is 5.77. The van der Waals surface area contributed by atoms with Crippen molar-refractivity contribution in [3.05, 3.63) is 77.9 Å². The zero-order valence-corrected chi connectivity index (χ0v) is 19.3. The highest BCUT2D eigenvalue weighted by atomic mass is 16.5. The maximum Gasteiger partial charge on any atom is 0.297 e. The largest absolute Gasteiger partial charge is 0.465 e. The number of carbonyl (C=O) groups excluding carboxylic acids is 1. The van der Waals surface area contributed by atoms with Gasteiger partial charge in [0.15, 0.2) is 5.78 Å². The van der Waals surface area contributed by atoms with Gasteiger partial charge in [0, 0.05) is 11.1 Å². The number of imidazole rings is 1. The summed E-state index contributed by atoms with van der Waals surface area (Å²) in [6.45, 7) is 4.25. The van der Waals surface area contributed by atoms with Gasteiger partial charge in [0.2, 0.25) is 5.82 Å². The second-order valence-electron chi connectivity index (χ2n) is 8.10. The van der Waals surface area contributed by atoms with Crippen molar-refractivity contribution in [2.45, 2.75) is 26.5 Å². The van der Waals surface area contributed by atoms with Crippen LogP contribution in [0.15, 0.2) is 66.7 Å². The number of hydrogen-bond acceptors (Lipinski definition) is 7. The Morgan fingerprint density at radius 1 is 1.06 bits per heavy atom. The van der Waals surface area contributed by atoms with E-state index in [-0.39, 0.29) is 5.78 Å². The van der Waals surface area contributed by atoms with Gasteiger partial charge in [-0.1, -0.05) is 54.6 Å². The number of para-hydroxylation sites is 1. The summed E-state index contributed by atoms with van der Waals surface area (Å²) < 4.78 is 7.68. The molecule has 2 N–H and O–H groups in total. The number of aromatic nitrogens is 6. The number of fused-ring (bicyclic) bond motifs is 1. The number of ketones is 1. The van der Waals surface area contributed by atoms with Crippen molar-refractivity contribution in [1.29, 1.82) is 0 Å². The molecular weight excluding hydrogens is 444 g/mol. The van der Waals surface area contributed by atoms with E-state index in [4.69, 9.17) is 4.74 Å². The molecule has 0 amide bonds. The van der Waals surface area contributed by atoms with Gasteiger partial charge in [-0.25, -0.2) is 0 Å². The molecular formula is C26H24N6O3. The van der Waals surface area contributed by atoms with Crippen LogP contribution in [0.4, 0.5) is 0 Å². The molecule has 2 heterocycles. The van der Waals surface area contributed by atoms with Crippen molar-refractivity contribution in [2.24, 2.45) is 0 Å². The summed E-state index contributed by atoms with van der Waals surface area (Å²) in [7, 11) is 0. The summed E-state index contributed by atoms with van der Waals surface area (Å²) in [5, 5.41) is 24.3. The van der Waals surface area contributed by atoms with E-state index in [9.17, 15) is 9.90 Å². The van der Waals surface area contributed by atoms with Crippen LogP contribution < -0.4 is 4.74 Å². The molecule has 2 aromatic heterocycles. The number of aliphatic hydroxyl groups excluding tert-OH is 1. The lowest BCUT2D eigenvalue weighted by Crippen LogP contribution is -2.17. The number of hydrogen-bond donors (Lipinski definition) is 2. The van der Waals surface area contributed by atoms with Gasteiger partial charge < -0.3 is 9.84 Å². The van der Waals surface area contributed by atoms with Crippen LogP contribution in [0.5, 0.6) is 6.01 Å². The molecule has 0 aliphatic heterocycles. The standard InChI is InChI=1S/C26H24N6O3/c1-3-35-26-27-22-10-6-9-21(24(34)16(2)33)23(22)32(26)15-17-11-13-18(14-12-17)19-7-4-5-8-20(19)25-28-30-31-29-25/h4-14,16,33H,3,15H2,1-2H3,(H,28,29,30,31). The molecule has 0 fully saturated rings. The molecule has 5 rings (SSSR count). The van der Waals surface area contributed by atoms with E-state index in [2.05, 4.69) is 25.6 Å². The second-order valence-corrected chi connectivity index (χ2v) is 8.10. The van der Waals surface area contributed by atoms with Crippen molar-refractivity contribution < 1.29 is 14.6 Å². The Kier molecular flexibility index (Phi) is 6.07. The van der Waals surface area contributed by atoms with Crippen molar-refractivity contribution in [2.75, 3.05) is 6.61 Å². The number of benzene rings is 3. The quantitative estimate of drug-likeness (QED) is 0.332. The summed E-state index contributed by atoms with van der Waals surface area (Å²) in [4.78, 5) is 17.3. The lowest BCUT2D eigenvalue weighted by atomic mass is 9.98. The zero-order chi connectivity index (χ0) is 24.4. The number of rotatable bonds is 8. The van der Waals surface area contributed by atoms with Crippen LogP contribution in [0.2, 0.25) is 0 Å². The molecule has 0 saturated heterocycles. The number of carbonyl (C=O) groups is 1. The van der Waals surface area contributed by atoms with Crippen LogP contribution in [-0.4, -0.2) is 53.8 Å². The molecule has 176 valence electrons. The van der Waals surface area contributed by atoms with Crippen LogP contribution in [0, 0.1) is 0 Å². The first kappa shape index (κ1) is 22.4. The minimum atomic E-state index is -1.11. The van der Waals surface area contributed by atoms with Gasteiger partial charge in [0.25, 0.3) is 6.01 Å². The number of aliphatic hydroxyl groups is 1. The monoisotopic (exact) mass is 468 g/mol. The highest BCUT2D eigenvalue weighted by Gasteiger charge is 2.21. The van der Waals surface area contributed by atoms with E-state index < -0.39 is 6.10 Å². The van der Waals surface area contributed by atoms with Gasteiger partial charge in [-0.3, -0.25) is 9.36 Å². The summed E-state index contributed by atoms with van der Waals surface area (Å²) in [5.74, 6) is 0.180. The van der Waals surface area contributed by atoms with Gasteiger partial charge in [-0.2, -0.15) is 10.2 Å². The van der Waals surface area contributed by atoms with E-state index in [1.807, 2.05) is 66.1 Å². The molecule has 5 aromatic rings. The lowest BCUT2D eigenvalue weighted by Gasteiger charge is -2.13. The Morgan fingerprint density at radius 2 is 1.83 bits per heavy atom. The van der Waals surface area contributed by atoms with Crippen LogP contribution in [0.25, 0.3) is 33.5 Å². The van der Waals surface area contributed by atoms with E-state index in [1.165, 1.54) is 6.92 Å². The first-order valence-electron chi connectivity index (χ1n) is 11.3. The Labute approximate surface area is 201 Å². The number of ether oxygens (including phenoxy) is 1. The fourth-order valence-corrected chi connectivity index (χ4v) is 4.15. The molecule has 1 atom stereocenters. The highest BCUT2D eigenvalue weighted by Crippen LogP contribution is 2.31. The highest BCUT2D eigenvalue weighted by molar-refractivity contribution is 6.08. The van der Waals surface area contributed by atoms with Crippen LogP contribution in [-0.2, 0) is 6.54 Å². The number of H-pyrrole nitrogens is 1. The van der Waals surface area contributed by atoms with Crippen molar-refractivity contribution in [3.8, 4) is 28.5 Å². The molecule has 0 bridgehead atoms. The van der Waals surface area contributed by atoms with E-state index in [0.29, 0.717) is 41.6 Å². The van der Waals surface area contributed by atoms with Crippen LogP contribution >= 0.6 is 0 Å². The summed E-state index contributed by atoms with van der Waals surface area (Å²) in [6.07, 6.45) is -1.11. The molecule has 35 heavy (non-hydrogen) atoms. The molecule has 9 heteroatoms. The second kappa shape index (κ2) is 9.47. The molecule has 0 spiro atoms. The zero-order valence-electron chi connectivity index (χ0n) is 19.3. The number of Topliss-reactive ketones (excluding diaryl/α,β-unsaturated/α-hetero) is 1. The number of nitrogens with one attached hydrogen (secondary N) is 1. The minimum Gasteiger partial charge on any atom is -0.465 e. The minimum absolute atomic E-state index is 0.354. The molecule has 0 aliphatic rings. The van der Waals surface area contributed by atoms with Crippen LogP contribution in [0.1, 0.15) is 29.8 Å². The van der Waals surface area contributed by atoms with Gasteiger partial charge in [-0.15, -0.1) is 10.2 Å². The first-order valence-corrected chi connectivity index (χ1v) is 11.3. The SMILES string of the molecule is CCOc1nc2cccc(C(=O)C(C)O)c2n1Cc1ccc(-c2ccccc2-c2nn[nH]n2)cc1. The average Bonchev–Trinajstić information content (AvgIpc) is 3.53. The Bertz CT molecular complexity index is 1470. The molecule has 0 radical (unpaired) electrons. The Hall–Kier alpha value is -4.37. The topological polar surface area (TPSA) is 119 Å². The van der Waals surface area contributed by atoms with E-state index in [0.717, 1.165) is 22.3 Å². The molecule has 1 unspecified atom stereocenters. The number of aromatic amines is 1. The van der Waals surface area contributed by atoms with E-state index >= 15 is 0 Å². The summed E-state index contributed by atoms with van der Waals surface area (Å²) in [6, 6.07) is 21.8. The molecule has 0 saturated carbocycles.